The maximum absolute atomic E-state index is 5.18. The van der Waals surface area contributed by atoms with Gasteiger partial charge in [0, 0.05) is 17.0 Å². The Morgan fingerprint density at radius 2 is 2.25 bits per heavy atom. The van der Waals surface area contributed by atoms with Gasteiger partial charge in [-0.15, -0.1) is 5.10 Å². The Hall–Kier alpha value is -1.43. The molecule has 84 valence electrons. The molecule has 0 amide bonds. The molecule has 16 heavy (non-hydrogen) atoms. The molecule has 0 atom stereocenters. The Morgan fingerprint density at radius 3 is 2.94 bits per heavy atom. The van der Waals surface area contributed by atoms with Crippen LogP contribution in [0, 0.1) is 0 Å². The van der Waals surface area contributed by atoms with Gasteiger partial charge in [-0.3, -0.25) is 0 Å². The molecule has 1 aromatic heterocycles. The predicted octanol–water partition coefficient (Wildman–Crippen LogP) is 2.00. The van der Waals surface area contributed by atoms with Crippen molar-refractivity contribution < 1.29 is 4.74 Å². The van der Waals surface area contributed by atoms with Gasteiger partial charge in [0.1, 0.15) is 5.75 Å². The third kappa shape index (κ3) is 1.92. The summed E-state index contributed by atoms with van der Waals surface area (Å²) in [6.07, 6.45) is 0.774. The van der Waals surface area contributed by atoms with Crippen molar-refractivity contribution in [2.75, 3.05) is 7.11 Å². The average molecular weight is 283 g/mol. The summed E-state index contributed by atoms with van der Waals surface area (Å²) >= 11 is 3.47. The van der Waals surface area contributed by atoms with Gasteiger partial charge >= 0.3 is 0 Å². The molecular formula is C10H11BrN4O. The Kier molecular flexibility index (Phi) is 3.19. The Morgan fingerprint density at radius 1 is 1.44 bits per heavy atom. The summed E-state index contributed by atoms with van der Waals surface area (Å²) in [4.78, 5) is 0. The number of halogens is 1. The van der Waals surface area contributed by atoms with Crippen LogP contribution in [0.3, 0.4) is 0 Å². The topological polar surface area (TPSA) is 52.8 Å². The first-order valence-corrected chi connectivity index (χ1v) is 5.66. The van der Waals surface area contributed by atoms with Crippen LogP contribution >= 0.6 is 15.9 Å². The smallest absolute Gasteiger partial charge is 0.156 e. The maximum Gasteiger partial charge on any atom is 0.156 e. The van der Waals surface area contributed by atoms with Crippen molar-refractivity contribution in [3.05, 3.63) is 28.5 Å². The van der Waals surface area contributed by atoms with Crippen molar-refractivity contribution in [1.82, 2.24) is 20.2 Å². The molecule has 0 aliphatic rings. The van der Waals surface area contributed by atoms with E-state index in [9.17, 15) is 0 Å². The van der Waals surface area contributed by atoms with E-state index >= 15 is 0 Å². The summed E-state index contributed by atoms with van der Waals surface area (Å²) in [5, 5.41) is 11.6. The SMILES string of the molecule is CCc1nnnn1-c1cc(OC)ccc1Br. The highest BCUT2D eigenvalue weighted by molar-refractivity contribution is 9.10. The predicted molar refractivity (Wildman–Crippen MR) is 62.8 cm³/mol. The van der Waals surface area contributed by atoms with Crippen LogP contribution in [0.2, 0.25) is 0 Å². The normalized spacial score (nSPS) is 10.4. The molecule has 0 N–H and O–H groups in total. The van der Waals surface area contributed by atoms with E-state index < -0.39 is 0 Å². The summed E-state index contributed by atoms with van der Waals surface area (Å²) in [7, 11) is 1.63. The molecule has 0 aliphatic carbocycles. The number of nitrogens with zero attached hydrogens (tertiary/aromatic N) is 4. The van der Waals surface area contributed by atoms with Crippen LogP contribution in [-0.2, 0) is 6.42 Å². The van der Waals surface area contributed by atoms with Crippen molar-refractivity contribution in [2.24, 2.45) is 0 Å². The lowest BCUT2D eigenvalue weighted by Crippen LogP contribution is -2.03. The van der Waals surface area contributed by atoms with Gasteiger partial charge in [-0.05, 0) is 38.5 Å². The second kappa shape index (κ2) is 4.61. The number of methoxy groups -OCH3 is 1. The van der Waals surface area contributed by atoms with Gasteiger partial charge in [0.05, 0.1) is 12.8 Å². The third-order valence-electron chi connectivity index (χ3n) is 2.23. The van der Waals surface area contributed by atoms with Crippen LogP contribution in [-0.4, -0.2) is 27.3 Å². The van der Waals surface area contributed by atoms with Gasteiger partial charge in [0.25, 0.3) is 0 Å². The Balaban J connectivity index is 2.54. The highest BCUT2D eigenvalue weighted by Crippen LogP contribution is 2.25. The Labute approximate surface area is 102 Å². The summed E-state index contributed by atoms with van der Waals surface area (Å²) < 4.78 is 7.81. The van der Waals surface area contributed by atoms with E-state index in [4.69, 9.17) is 4.74 Å². The number of rotatable bonds is 3. The minimum absolute atomic E-state index is 0.774. The van der Waals surface area contributed by atoms with Crippen LogP contribution in [0.4, 0.5) is 0 Å². The lowest BCUT2D eigenvalue weighted by molar-refractivity contribution is 0.414. The number of ether oxygens (including phenoxy) is 1. The van der Waals surface area contributed by atoms with Crippen molar-refractivity contribution in [1.29, 1.82) is 0 Å². The number of benzene rings is 1. The fourth-order valence-corrected chi connectivity index (χ4v) is 1.81. The first-order chi connectivity index (χ1) is 7.76. The molecule has 0 unspecified atom stereocenters. The van der Waals surface area contributed by atoms with Gasteiger partial charge < -0.3 is 4.74 Å². The van der Waals surface area contributed by atoms with Crippen molar-refractivity contribution >= 4 is 15.9 Å². The van der Waals surface area contributed by atoms with E-state index in [0.29, 0.717) is 0 Å². The van der Waals surface area contributed by atoms with Crippen molar-refractivity contribution in [3.63, 3.8) is 0 Å². The summed E-state index contributed by atoms with van der Waals surface area (Å²) in [6, 6.07) is 5.68. The first kappa shape index (κ1) is 11.1. The first-order valence-electron chi connectivity index (χ1n) is 4.87. The second-order valence-electron chi connectivity index (χ2n) is 3.18. The molecule has 0 aliphatic heterocycles. The zero-order valence-electron chi connectivity index (χ0n) is 9.01. The van der Waals surface area contributed by atoms with Crippen molar-refractivity contribution in [3.8, 4) is 11.4 Å². The fraction of sp³-hybridized carbons (Fsp3) is 0.300. The number of tetrazole rings is 1. The zero-order valence-corrected chi connectivity index (χ0v) is 10.6. The number of hydrogen-bond acceptors (Lipinski definition) is 4. The molecule has 2 rings (SSSR count). The minimum Gasteiger partial charge on any atom is -0.497 e. The second-order valence-corrected chi connectivity index (χ2v) is 4.03. The van der Waals surface area contributed by atoms with E-state index in [-0.39, 0.29) is 0 Å². The van der Waals surface area contributed by atoms with Gasteiger partial charge in [0.2, 0.25) is 0 Å². The molecule has 5 nitrogen and oxygen atoms in total. The van der Waals surface area contributed by atoms with Crippen LogP contribution in [0.25, 0.3) is 5.69 Å². The van der Waals surface area contributed by atoms with Gasteiger partial charge in [-0.25, -0.2) is 0 Å². The maximum atomic E-state index is 5.18. The molecule has 0 fully saturated rings. The van der Waals surface area contributed by atoms with E-state index in [1.165, 1.54) is 0 Å². The molecule has 1 aromatic carbocycles. The van der Waals surface area contributed by atoms with Gasteiger partial charge in [-0.1, -0.05) is 6.92 Å². The lowest BCUT2D eigenvalue weighted by atomic mass is 10.3. The van der Waals surface area contributed by atoms with Crippen LogP contribution in [0.5, 0.6) is 5.75 Å². The van der Waals surface area contributed by atoms with Crippen molar-refractivity contribution in [2.45, 2.75) is 13.3 Å². The zero-order chi connectivity index (χ0) is 11.5. The molecular weight excluding hydrogens is 272 g/mol. The number of aryl methyl sites for hydroxylation is 1. The standard InChI is InChI=1S/C10H11BrN4O/c1-3-10-12-13-14-15(10)9-6-7(16-2)4-5-8(9)11/h4-6H,3H2,1-2H3. The minimum atomic E-state index is 0.774. The summed E-state index contributed by atoms with van der Waals surface area (Å²) in [5.74, 6) is 1.59. The monoisotopic (exact) mass is 282 g/mol. The van der Waals surface area contributed by atoms with Gasteiger partial charge in [-0.2, -0.15) is 4.68 Å². The van der Waals surface area contributed by atoms with Crippen LogP contribution in [0.1, 0.15) is 12.7 Å². The van der Waals surface area contributed by atoms with Crippen LogP contribution < -0.4 is 4.74 Å². The molecule has 0 saturated carbocycles. The van der Waals surface area contributed by atoms with Crippen LogP contribution in [0.15, 0.2) is 22.7 Å². The molecule has 6 heteroatoms. The Bertz CT molecular complexity index is 497. The summed E-state index contributed by atoms with van der Waals surface area (Å²) in [5.41, 5.74) is 0.876. The van der Waals surface area contributed by atoms with E-state index in [0.717, 1.165) is 28.2 Å². The van der Waals surface area contributed by atoms with Gasteiger partial charge in [0.15, 0.2) is 5.82 Å². The molecule has 2 aromatic rings. The highest BCUT2D eigenvalue weighted by atomic mass is 79.9. The fourth-order valence-electron chi connectivity index (χ4n) is 1.40. The number of hydrogen-bond donors (Lipinski definition) is 0. The highest BCUT2D eigenvalue weighted by Gasteiger charge is 2.10. The summed E-state index contributed by atoms with van der Waals surface area (Å²) in [6.45, 7) is 2.01. The van der Waals surface area contributed by atoms with E-state index in [1.54, 1.807) is 11.8 Å². The quantitative estimate of drug-likeness (QED) is 0.864. The van der Waals surface area contributed by atoms with E-state index in [2.05, 4.69) is 31.5 Å². The lowest BCUT2D eigenvalue weighted by Gasteiger charge is -2.07. The molecule has 0 radical (unpaired) electrons. The number of aromatic nitrogens is 4. The van der Waals surface area contributed by atoms with E-state index in [1.807, 2.05) is 25.1 Å². The third-order valence-corrected chi connectivity index (χ3v) is 2.90. The molecule has 1 heterocycles. The largest absolute Gasteiger partial charge is 0.497 e. The molecule has 0 saturated heterocycles. The molecule has 0 bridgehead atoms. The average Bonchev–Trinajstić information content (AvgIpc) is 2.77. The molecule has 0 spiro atoms.